The van der Waals surface area contributed by atoms with Crippen molar-refractivity contribution in [3.05, 3.63) is 17.5 Å². The lowest BCUT2D eigenvalue weighted by molar-refractivity contribution is 0.0531. The van der Waals surface area contributed by atoms with Crippen LogP contribution in [-0.4, -0.2) is 57.6 Å². The zero-order valence-electron chi connectivity index (χ0n) is 12.0. The number of aromatic nitrogens is 1. The van der Waals surface area contributed by atoms with Crippen LogP contribution in [0.15, 0.2) is 10.6 Å². The molecule has 110 valence electrons. The van der Waals surface area contributed by atoms with E-state index in [0.717, 1.165) is 13.1 Å². The average Bonchev–Trinajstić information content (AvgIpc) is 2.84. The summed E-state index contributed by atoms with van der Waals surface area (Å²) in [6.45, 7) is 8.54. The Morgan fingerprint density at radius 3 is 2.45 bits per heavy atom. The molecule has 0 atom stereocenters. The van der Waals surface area contributed by atoms with E-state index >= 15 is 0 Å². The number of piperazine rings is 1. The van der Waals surface area contributed by atoms with Crippen LogP contribution in [0.4, 0.5) is 0 Å². The number of nitrogens with zero attached hydrogens (tertiary/aromatic N) is 3. The molecule has 0 aliphatic carbocycles. The maximum absolute atomic E-state index is 12.2. The molecule has 7 heteroatoms. The lowest BCUT2D eigenvalue weighted by atomic mass is 10.0. The summed E-state index contributed by atoms with van der Waals surface area (Å²) in [7, 11) is 0. The first-order valence-corrected chi connectivity index (χ1v) is 7.00. The second kappa shape index (κ2) is 5.49. The minimum absolute atomic E-state index is 0.0883. The predicted octanol–water partition coefficient (Wildman–Crippen LogP) is 0.806. The summed E-state index contributed by atoms with van der Waals surface area (Å²) in [5.41, 5.74) is 5.82. The molecule has 0 bridgehead atoms. The number of thiocarbonyl (C=S) groups is 1. The van der Waals surface area contributed by atoms with Gasteiger partial charge in [0, 0.05) is 32.2 Å². The number of carbonyl (C=O) groups excluding carboxylic acids is 1. The van der Waals surface area contributed by atoms with Crippen LogP contribution < -0.4 is 5.73 Å². The van der Waals surface area contributed by atoms with Crippen molar-refractivity contribution >= 4 is 23.1 Å². The summed E-state index contributed by atoms with van der Waals surface area (Å²) in [4.78, 5) is 16.7. The van der Waals surface area contributed by atoms with E-state index in [4.69, 9.17) is 22.5 Å². The van der Waals surface area contributed by atoms with Gasteiger partial charge in [-0.05, 0) is 20.8 Å². The molecule has 1 aromatic heterocycles. The molecule has 0 spiro atoms. The third-order valence-corrected chi connectivity index (χ3v) is 4.31. The minimum Gasteiger partial charge on any atom is -0.392 e. The van der Waals surface area contributed by atoms with Gasteiger partial charge >= 0.3 is 0 Å². The quantitative estimate of drug-likeness (QED) is 0.832. The molecule has 2 heterocycles. The molecule has 2 N–H and O–H groups in total. The number of amides is 1. The molecular formula is C13H20N4O2S. The second-order valence-electron chi connectivity index (χ2n) is 5.53. The van der Waals surface area contributed by atoms with Crippen molar-refractivity contribution in [3.8, 4) is 0 Å². The molecule has 0 radical (unpaired) electrons. The largest absolute Gasteiger partial charge is 0.392 e. The molecule has 20 heavy (non-hydrogen) atoms. The summed E-state index contributed by atoms with van der Waals surface area (Å²) in [5, 5.41) is 3.77. The van der Waals surface area contributed by atoms with Gasteiger partial charge in [-0.3, -0.25) is 9.69 Å². The van der Waals surface area contributed by atoms with Crippen molar-refractivity contribution < 1.29 is 9.32 Å². The topological polar surface area (TPSA) is 75.6 Å². The lowest BCUT2D eigenvalue weighted by Gasteiger charge is -2.43. The lowest BCUT2D eigenvalue weighted by Crippen LogP contribution is -2.59. The van der Waals surface area contributed by atoms with Gasteiger partial charge in [-0.25, -0.2) is 0 Å². The van der Waals surface area contributed by atoms with Crippen LogP contribution in [0.25, 0.3) is 0 Å². The van der Waals surface area contributed by atoms with Crippen molar-refractivity contribution in [2.75, 3.05) is 26.2 Å². The van der Waals surface area contributed by atoms with Gasteiger partial charge in [0.15, 0.2) is 5.69 Å². The van der Waals surface area contributed by atoms with Gasteiger partial charge in [-0.2, -0.15) is 0 Å². The van der Waals surface area contributed by atoms with E-state index in [1.165, 1.54) is 0 Å². The predicted molar refractivity (Wildman–Crippen MR) is 79.6 cm³/mol. The van der Waals surface area contributed by atoms with E-state index in [-0.39, 0.29) is 11.4 Å². The van der Waals surface area contributed by atoms with Crippen LogP contribution in [0.1, 0.15) is 30.1 Å². The Morgan fingerprint density at radius 1 is 1.40 bits per heavy atom. The molecule has 2 rings (SSSR count). The molecule has 1 aliphatic heterocycles. The van der Waals surface area contributed by atoms with Crippen LogP contribution >= 0.6 is 12.2 Å². The molecule has 1 saturated heterocycles. The van der Waals surface area contributed by atoms with Crippen molar-refractivity contribution in [2.24, 2.45) is 5.73 Å². The van der Waals surface area contributed by atoms with Gasteiger partial charge in [0.1, 0.15) is 5.76 Å². The van der Waals surface area contributed by atoms with Gasteiger partial charge in [0.05, 0.1) is 10.5 Å². The third-order valence-electron chi connectivity index (χ3n) is 3.81. The summed E-state index contributed by atoms with van der Waals surface area (Å²) in [5.74, 6) is 0.552. The molecule has 0 unspecified atom stereocenters. The standard InChI is InChI=1S/C13H20N4O2S/c1-9-8-10(15-19-9)11(18)16-4-6-17(7-5-16)13(2,3)12(14)20/h8H,4-7H2,1-3H3,(H2,14,20). The van der Waals surface area contributed by atoms with Crippen LogP contribution in [0, 0.1) is 6.92 Å². The van der Waals surface area contributed by atoms with Gasteiger partial charge in [-0.15, -0.1) is 0 Å². The van der Waals surface area contributed by atoms with Gasteiger partial charge in [-0.1, -0.05) is 17.4 Å². The first-order chi connectivity index (χ1) is 9.32. The van der Waals surface area contributed by atoms with E-state index in [2.05, 4.69) is 10.1 Å². The Hall–Kier alpha value is -1.47. The van der Waals surface area contributed by atoms with Gasteiger partial charge in [0.25, 0.3) is 5.91 Å². The van der Waals surface area contributed by atoms with Crippen molar-refractivity contribution in [3.63, 3.8) is 0 Å². The van der Waals surface area contributed by atoms with E-state index in [1.54, 1.807) is 17.9 Å². The number of nitrogens with two attached hydrogens (primary N) is 1. The molecule has 6 nitrogen and oxygen atoms in total. The highest BCUT2D eigenvalue weighted by Crippen LogP contribution is 2.18. The normalized spacial score (nSPS) is 17.2. The summed E-state index contributed by atoms with van der Waals surface area (Å²) < 4.78 is 4.94. The zero-order chi connectivity index (χ0) is 14.9. The van der Waals surface area contributed by atoms with Crippen LogP contribution in [0.2, 0.25) is 0 Å². The SMILES string of the molecule is Cc1cc(C(=O)N2CCN(C(C)(C)C(N)=S)CC2)no1. The van der Waals surface area contributed by atoms with E-state index in [0.29, 0.717) is 29.5 Å². The zero-order valence-corrected chi connectivity index (χ0v) is 12.9. The van der Waals surface area contributed by atoms with E-state index in [1.807, 2.05) is 13.8 Å². The average molecular weight is 296 g/mol. The second-order valence-corrected chi connectivity index (χ2v) is 5.97. The number of carbonyl (C=O) groups is 1. The summed E-state index contributed by atoms with van der Waals surface area (Å²) in [6, 6.07) is 1.66. The first-order valence-electron chi connectivity index (χ1n) is 6.60. The van der Waals surface area contributed by atoms with Crippen LogP contribution in [-0.2, 0) is 0 Å². The number of rotatable bonds is 3. The fourth-order valence-electron chi connectivity index (χ4n) is 2.25. The van der Waals surface area contributed by atoms with Crippen LogP contribution in [0.5, 0.6) is 0 Å². The van der Waals surface area contributed by atoms with Crippen molar-refractivity contribution in [2.45, 2.75) is 26.3 Å². The minimum atomic E-state index is -0.324. The van der Waals surface area contributed by atoms with Gasteiger partial charge in [0.2, 0.25) is 0 Å². The van der Waals surface area contributed by atoms with Crippen molar-refractivity contribution in [1.82, 2.24) is 15.0 Å². The third kappa shape index (κ3) is 2.83. The fourth-order valence-corrected chi connectivity index (χ4v) is 2.38. The molecule has 1 aromatic rings. The smallest absolute Gasteiger partial charge is 0.276 e. The maximum Gasteiger partial charge on any atom is 0.276 e. The molecule has 1 aliphatic rings. The first kappa shape index (κ1) is 14.9. The Bertz CT molecular complexity index is 518. The number of aryl methyl sites for hydroxylation is 1. The number of hydrogen-bond donors (Lipinski definition) is 1. The fraction of sp³-hybridized carbons (Fsp3) is 0.615. The summed E-state index contributed by atoms with van der Waals surface area (Å²) >= 11 is 5.11. The molecular weight excluding hydrogens is 276 g/mol. The number of hydrogen-bond acceptors (Lipinski definition) is 5. The Balaban J connectivity index is 1.98. The van der Waals surface area contributed by atoms with E-state index in [9.17, 15) is 4.79 Å². The molecule has 1 fully saturated rings. The Kier molecular flexibility index (Phi) is 4.10. The molecule has 1 amide bonds. The summed E-state index contributed by atoms with van der Waals surface area (Å²) in [6.07, 6.45) is 0. The highest BCUT2D eigenvalue weighted by molar-refractivity contribution is 7.80. The van der Waals surface area contributed by atoms with E-state index < -0.39 is 0 Å². The highest BCUT2D eigenvalue weighted by atomic mass is 32.1. The van der Waals surface area contributed by atoms with Crippen molar-refractivity contribution in [1.29, 1.82) is 0 Å². The van der Waals surface area contributed by atoms with Gasteiger partial charge < -0.3 is 15.2 Å². The highest BCUT2D eigenvalue weighted by Gasteiger charge is 2.33. The maximum atomic E-state index is 12.2. The molecule has 0 aromatic carbocycles. The Labute approximate surface area is 123 Å². The monoisotopic (exact) mass is 296 g/mol. The van der Waals surface area contributed by atoms with Crippen LogP contribution in [0.3, 0.4) is 0 Å². The molecule has 0 saturated carbocycles. The Morgan fingerprint density at radius 2 is 2.00 bits per heavy atom.